The van der Waals surface area contributed by atoms with Gasteiger partial charge < -0.3 is 10.5 Å². The number of fused-ring (bicyclic) bond motifs is 3. The number of nitrogens with two attached hydrogens (primary N) is 1. The Labute approximate surface area is 145 Å². The molecule has 0 bridgehead atoms. The lowest BCUT2D eigenvalue weighted by Gasteiger charge is -2.26. The van der Waals surface area contributed by atoms with Crippen LogP contribution >= 0.6 is 27.3 Å². The zero-order valence-electron chi connectivity index (χ0n) is 11.9. The fourth-order valence-electron chi connectivity index (χ4n) is 3.01. The number of nitriles is 1. The highest BCUT2D eigenvalue weighted by Gasteiger charge is 2.32. The second kappa shape index (κ2) is 5.41. The largest absolute Gasteiger partial charge is 0.440 e. The van der Waals surface area contributed by atoms with Gasteiger partial charge in [-0.2, -0.15) is 5.26 Å². The number of benzene rings is 2. The third kappa shape index (κ3) is 2.23. The van der Waals surface area contributed by atoms with Crippen LogP contribution in [0.15, 0.2) is 63.8 Å². The molecule has 0 amide bonds. The second-order valence-electron chi connectivity index (χ2n) is 5.27. The molecule has 3 nitrogen and oxygen atoms in total. The Bertz CT molecular complexity index is 1000. The van der Waals surface area contributed by atoms with Crippen molar-refractivity contribution in [2.24, 2.45) is 5.73 Å². The van der Waals surface area contributed by atoms with Gasteiger partial charge in [-0.25, -0.2) is 0 Å². The van der Waals surface area contributed by atoms with E-state index in [-0.39, 0.29) is 11.8 Å². The molecule has 0 fully saturated rings. The van der Waals surface area contributed by atoms with E-state index in [1.165, 1.54) is 0 Å². The first-order valence-corrected chi connectivity index (χ1v) is 8.64. The smallest absolute Gasteiger partial charge is 0.205 e. The van der Waals surface area contributed by atoms with Gasteiger partial charge in [-0.05, 0) is 44.9 Å². The molecule has 0 spiro atoms. The van der Waals surface area contributed by atoms with Gasteiger partial charge in [0, 0.05) is 10.4 Å². The molecule has 23 heavy (non-hydrogen) atoms. The molecule has 1 aromatic heterocycles. The molecule has 2 aromatic carbocycles. The van der Waals surface area contributed by atoms with Crippen LogP contribution in [0.25, 0.3) is 10.8 Å². The van der Waals surface area contributed by atoms with Gasteiger partial charge in [0.25, 0.3) is 0 Å². The fourth-order valence-corrected chi connectivity index (χ4v) is 4.55. The second-order valence-corrected chi connectivity index (χ2v) is 7.76. The highest BCUT2D eigenvalue weighted by molar-refractivity contribution is 9.11. The molecule has 1 aliphatic heterocycles. The van der Waals surface area contributed by atoms with Crippen molar-refractivity contribution in [2.45, 2.75) is 5.92 Å². The maximum absolute atomic E-state index is 9.62. The molecule has 2 N–H and O–H groups in total. The Hall–Kier alpha value is -2.29. The van der Waals surface area contributed by atoms with Crippen molar-refractivity contribution in [1.82, 2.24) is 0 Å². The molecule has 0 saturated heterocycles. The number of thiophene rings is 1. The van der Waals surface area contributed by atoms with Crippen molar-refractivity contribution in [3.05, 3.63) is 74.2 Å². The minimum absolute atomic E-state index is 0.185. The number of rotatable bonds is 1. The lowest BCUT2D eigenvalue weighted by molar-refractivity contribution is 0.395. The number of allylic oxidation sites excluding steroid dienone is 1. The summed E-state index contributed by atoms with van der Waals surface area (Å²) < 4.78 is 6.75. The zero-order chi connectivity index (χ0) is 16.0. The van der Waals surface area contributed by atoms with E-state index in [1.54, 1.807) is 11.3 Å². The summed E-state index contributed by atoms with van der Waals surface area (Å²) >= 11 is 5.11. The van der Waals surface area contributed by atoms with Crippen LogP contribution in [0.4, 0.5) is 0 Å². The molecular weight excluding hydrogens is 372 g/mol. The van der Waals surface area contributed by atoms with E-state index in [0.29, 0.717) is 5.57 Å². The van der Waals surface area contributed by atoms with Crippen LogP contribution in [0.1, 0.15) is 16.4 Å². The maximum Gasteiger partial charge on any atom is 0.205 e. The molecule has 5 heteroatoms. The van der Waals surface area contributed by atoms with Crippen LogP contribution in [0, 0.1) is 11.3 Å². The summed E-state index contributed by atoms with van der Waals surface area (Å²) in [5, 5.41) is 11.8. The van der Waals surface area contributed by atoms with Gasteiger partial charge >= 0.3 is 0 Å². The van der Waals surface area contributed by atoms with Crippen LogP contribution in [0.2, 0.25) is 0 Å². The third-order valence-electron chi connectivity index (χ3n) is 3.99. The summed E-state index contributed by atoms with van der Waals surface area (Å²) in [6.07, 6.45) is 0. The van der Waals surface area contributed by atoms with E-state index < -0.39 is 0 Å². The molecule has 0 unspecified atom stereocenters. The molecule has 1 aliphatic rings. The van der Waals surface area contributed by atoms with Gasteiger partial charge in [0.2, 0.25) is 5.88 Å². The first kappa shape index (κ1) is 14.3. The fraction of sp³-hybridized carbons (Fsp3) is 0.0556. The van der Waals surface area contributed by atoms with Crippen molar-refractivity contribution >= 4 is 38.0 Å². The van der Waals surface area contributed by atoms with E-state index in [1.807, 2.05) is 36.4 Å². The highest BCUT2D eigenvalue weighted by Crippen LogP contribution is 2.47. The lowest BCUT2D eigenvalue weighted by atomic mass is 9.85. The monoisotopic (exact) mass is 382 g/mol. The first-order valence-electron chi connectivity index (χ1n) is 7.03. The Balaban J connectivity index is 2.07. The Kier molecular flexibility index (Phi) is 3.37. The third-order valence-corrected chi connectivity index (χ3v) is 5.68. The standard InChI is InChI=1S/C18H11BrN2OS/c19-15-8-7-14(23-15)17-12(9-20)18(21)22-13-6-5-10-3-1-2-4-11(10)16(13)17/h1-8,17H,21H2/t17-/m1/s1. The normalized spacial score (nSPS) is 16.8. The summed E-state index contributed by atoms with van der Waals surface area (Å²) in [7, 11) is 0. The van der Waals surface area contributed by atoms with Gasteiger partial charge in [-0.3, -0.25) is 0 Å². The van der Waals surface area contributed by atoms with E-state index >= 15 is 0 Å². The van der Waals surface area contributed by atoms with Crippen LogP contribution in [-0.4, -0.2) is 0 Å². The maximum atomic E-state index is 9.62. The summed E-state index contributed by atoms with van der Waals surface area (Å²) in [4.78, 5) is 1.07. The van der Waals surface area contributed by atoms with Crippen molar-refractivity contribution < 1.29 is 4.74 Å². The number of hydrogen-bond acceptors (Lipinski definition) is 4. The first-order chi connectivity index (χ1) is 11.2. The van der Waals surface area contributed by atoms with Gasteiger partial charge in [-0.15, -0.1) is 11.3 Å². The van der Waals surface area contributed by atoms with Crippen molar-refractivity contribution in [2.75, 3.05) is 0 Å². The Morgan fingerprint density at radius 3 is 2.70 bits per heavy atom. The average Bonchev–Trinajstić information content (AvgIpc) is 2.99. The molecule has 112 valence electrons. The quantitative estimate of drug-likeness (QED) is 0.652. The molecule has 0 aliphatic carbocycles. The van der Waals surface area contributed by atoms with Crippen molar-refractivity contribution in [3.8, 4) is 11.8 Å². The Morgan fingerprint density at radius 1 is 1.13 bits per heavy atom. The highest BCUT2D eigenvalue weighted by atomic mass is 79.9. The zero-order valence-corrected chi connectivity index (χ0v) is 14.3. The van der Waals surface area contributed by atoms with Crippen LogP contribution in [0.3, 0.4) is 0 Å². The summed E-state index contributed by atoms with van der Waals surface area (Å²) in [5.74, 6) is 0.700. The topological polar surface area (TPSA) is 59.0 Å². The van der Waals surface area contributed by atoms with Gasteiger partial charge in [0.1, 0.15) is 17.4 Å². The van der Waals surface area contributed by atoms with Crippen molar-refractivity contribution in [1.29, 1.82) is 5.26 Å². The van der Waals surface area contributed by atoms with Gasteiger partial charge in [-0.1, -0.05) is 30.3 Å². The van der Waals surface area contributed by atoms with Crippen LogP contribution < -0.4 is 10.5 Å². The predicted octanol–water partition coefficient (Wildman–Crippen LogP) is 4.88. The molecule has 0 saturated carbocycles. The minimum atomic E-state index is -0.203. The van der Waals surface area contributed by atoms with Crippen LogP contribution in [-0.2, 0) is 0 Å². The SMILES string of the molecule is N#CC1=C(N)Oc2ccc3ccccc3c2[C@H]1c1ccc(Br)s1. The van der Waals surface area contributed by atoms with E-state index in [0.717, 1.165) is 30.7 Å². The lowest BCUT2D eigenvalue weighted by Crippen LogP contribution is -2.20. The Morgan fingerprint density at radius 2 is 1.96 bits per heavy atom. The number of nitrogens with zero attached hydrogens (tertiary/aromatic N) is 1. The molecular formula is C18H11BrN2OS. The number of hydrogen-bond donors (Lipinski definition) is 1. The molecule has 2 heterocycles. The van der Waals surface area contributed by atoms with E-state index in [4.69, 9.17) is 10.5 Å². The van der Waals surface area contributed by atoms with Crippen LogP contribution in [0.5, 0.6) is 5.75 Å². The molecule has 3 aromatic rings. The summed E-state index contributed by atoms with van der Waals surface area (Å²) in [6.45, 7) is 0. The predicted molar refractivity (Wildman–Crippen MR) is 95.3 cm³/mol. The molecule has 0 radical (unpaired) electrons. The van der Waals surface area contributed by atoms with Gasteiger partial charge in [0.15, 0.2) is 0 Å². The summed E-state index contributed by atoms with van der Waals surface area (Å²) in [6, 6.07) is 18.3. The number of halogens is 1. The van der Waals surface area contributed by atoms with Gasteiger partial charge in [0.05, 0.1) is 9.70 Å². The van der Waals surface area contributed by atoms with E-state index in [2.05, 4.69) is 34.1 Å². The molecule has 1 atom stereocenters. The van der Waals surface area contributed by atoms with E-state index in [9.17, 15) is 5.26 Å². The number of ether oxygens (including phenoxy) is 1. The van der Waals surface area contributed by atoms with Crippen molar-refractivity contribution in [3.63, 3.8) is 0 Å². The minimum Gasteiger partial charge on any atom is -0.440 e. The molecule has 4 rings (SSSR count). The summed E-state index contributed by atoms with van der Waals surface area (Å²) in [5.41, 5.74) is 7.48. The average molecular weight is 383 g/mol.